The molecule has 1 amide bonds. The van der Waals surface area contributed by atoms with Gasteiger partial charge in [0.15, 0.2) is 0 Å². The molecule has 4 aromatic rings. The van der Waals surface area contributed by atoms with Crippen LogP contribution in [0.2, 0.25) is 0 Å². The summed E-state index contributed by atoms with van der Waals surface area (Å²) in [7, 11) is 0. The Morgan fingerprint density at radius 3 is 1.79 bits per heavy atom. The predicted molar refractivity (Wildman–Crippen MR) is 143 cm³/mol. The molecule has 7 heteroatoms. The first-order valence-electron chi connectivity index (χ1n) is 12.6. The van der Waals surface area contributed by atoms with Crippen molar-refractivity contribution in [3.8, 4) is 0 Å². The fraction of sp³-hybridized carbons (Fsp3) is 0.156. The van der Waals surface area contributed by atoms with Crippen LogP contribution in [-0.4, -0.2) is 29.0 Å². The second-order valence-electron chi connectivity index (χ2n) is 9.13. The zero-order chi connectivity index (χ0) is 27.0. The van der Waals surface area contributed by atoms with E-state index in [2.05, 4.69) is 0 Å². The van der Waals surface area contributed by atoms with Crippen molar-refractivity contribution < 1.29 is 28.6 Å². The highest BCUT2D eigenvalue weighted by Crippen LogP contribution is 2.34. The van der Waals surface area contributed by atoms with Gasteiger partial charge in [-0.1, -0.05) is 103 Å². The first-order chi connectivity index (χ1) is 19.1. The van der Waals surface area contributed by atoms with Crippen LogP contribution in [0.1, 0.15) is 38.8 Å². The molecule has 0 aliphatic carbocycles. The summed E-state index contributed by atoms with van der Waals surface area (Å²) in [5, 5.41) is 0. The van der Waals surface area contributed by atoms with Gasteiger partial charge in [0.25, 0.3) is 0 Å². The molecule has 4 aromatic carbocycles. The number of carbonyl (C=O) groups excluding carboxylic acids is 3. The van der Waals surface area contributed by atoms with Gasteiger partial charge in [0.2, 0.25) is 6.23 Å². The van der Waals surface area contributed by atoms with Gasteiger partial charge in [0.05, 0.1) is 5.56 Å². The van der Waals surface area contributed by atoms with Crippen LogP contribution in [0.5, 0.6) is 0 Å². The van der Waals surface area contributed by atoms with Gasteiger partial charge < -0.3 is 14.2 Å². The van der Waals surface area contributed by atoms with Gasteiger partial charge >= 0.3 is 18.0 Å². The number of hydrogen-bond donors (Lipinski definition) is 0. The Hall–Kier alpha value is -4.91. The molecule has 1 heterocycles. The van der Waals surface area contributed by atoms with E-state index >= 15 is 0 Å². The van der Waals surface area contributed by atoms with E-state index in [4.69, 9.17) is 14.2 Å². The molecule has 1 saturated heterocycles. The highest BCUT2D eigenvalue weighted by Gasteiger charge is 2.46. The Morgan fingerprint density at radius 1 is 0.667 bits per heavy atom. The molecule has 2 unspecified atom stereocenters. The lowest BCUT2D eigenvalue weighted by atomic mass is 10.0. The lowest BCUT2D eigenvalue weighted by Crippen LogP contribution is -2.41. The normalized spacial score (nSPS) is 16.4. The van der Waals surface area contributed by atoms with Crippen molar-refractivity contribution in [2.45, 2.75) is 31.9 Å². The quantitative estimate of drug-likeness (QED) is 0.214. The number of ether oxygens (including phenoxy) is 3. The Balaban J connectivity index is 1.29. The molecule has 1 aliphatic rings. The van der Waals surface area contributed by atoms with Gasteiger partial charge in [0.1, 0.15) is 19.3 Å². The van der Waals surface area contributed by atoms with Gasteiger partial charge in [-0.25, -0.2) is 14.4 Å². The molecule has 0 bridgehead atoms. The molecule has 39 heavy (non-hydrogen) atoms. The molecule has 2 atom stereocenters. The van der Waals surface area contributed by atoms with Crippen LogP contribution in [0.25, 0.3) is 0 Å². The maximum Gasteiger partial charge on any atom is 0.414 e. The summed E-state index contributed by atoms with van der Waals surface area (Å²) in [5.74, 6) is -0.965. The Kier molecular flexibility index (Phi) is 7.98. The van der Waals surface area contributed by atoms with Crippen molar-refractivity contribution in [3.63, 3.8) is 0 Å². The molecule has 0 aromatic heterocycles. The molecular weight excluding hydrogens is 494 g/mol. The molecule has 0 saturated carbocycles. The van der Waals surface area contributed by atoms with Crippen molar-refractivity contribution in [1.82, 2.24) is 4.90 Å². The highest BCUT2D eigenvalue weighted by molar-refractivity contribution is 5.89. The molecule has 1 aliphatic heterocycles. The van der Waals surface area contributed by atoms with Crippen LogP contribution in [0, 0.1) is 0 Å². The van der Waals surface area contributed by atoms with Crippen LogP contribution < -0.4 is 0 Å². The number of nitrogens with zero attached hydrogens (tertiary/aromatic N) is 1. The Bertz CT molecular complexity index is 1410. The van der Waals surface area contributed by atoms with E-state index in [1.807, 2.05) is 78.9 Å². The Labute approximate surface area is 226 Å². The summed E-state index contributed by atoms with van der Waals surface area (Å²) in [6.07, 6.45) is -1.36. The van der Waals surface area contributed by atoms with E-state index in [-0.39, 0.29) is 19.6 Å². The summed E-state index contributed by atoms with van der Waals surface area (Å²) >= 11 is 0. The standard InChI is InChI=1S/C32H27NO6/c34-30(37-21-24-10-4-1-5-11-24)27-18-16-23(17-19-27)20-28-31(35)39-29(26-14-8-3-9-15-26)33(28)32(36)38-22-25-12-6-2-7-13-25/h1-19,28-29H,20-22H2. The molecule has 5 rings (SSSR count). The maximum atomic E-state index is 13.3. The van der Waals surface area contributed by atoms with E-state index < -0.39 is 30.3 Å². The van der Waals surface area contributed by atoms with Crippen molar-refractivity contribution in [2.75, 3.05) is 0 Å². The van der Waals surface area contributed by atoms with Gasteiger partial charge in [-0.15, -0.1) is 0 Å². The number of esters is 2. The average molecular weight is 522 g/mol. The van der Waals surface area contributed by atoms with Crippen LogP contribution >= 0.6 is 0 Å². The molecule has 0 spiro atoms. The second-order valence-corrected chi connectivity index (χ2v) is 9.13. The number of cyclic esters (lactones) is 1. The van der Waals surface area contributed by atoms with E-state index in [1.165, 1.54) is 4.90 Å². The minimum atomic E-state index is -0.904. The number of rotatable bonds is 8. The third-order valence-electron chi connectivity index (χ3n) is 6.42. The van der Waals surface area contributed by atoms with E-state index in [1.54, 1.807) is 36.4 Å². The van der Waals surface area contributed by atoms with E-state index in [9.17, 15) is 14.4 Å². The molecule has 0 radical (unpaired) electrons. The number of carbonyl (C=O) groups is 3. The minimum Gasteiger partial charge on any atom is -0.457 e. The van der Waals surface area contributed by atoms with Crippen LogP contribution in [-0.2, 0) is 38.6 Å². The summed E-state index contributed by atoms with van der Waals surface area (Å²) in [5.41, 5.74) is 3.55. The Morgan fingerprint density at radius 2 is 1.21 bits per heavy atom. The first kappa shape index (κ1) is 25.7. The zero-order valence-corrected chi connectivity index (χ0v) is 21.1. The zero-order valence-electron chi connectivity index (χ0n) is 21.1. The minimum absolute atomic E-state index is 0.0678. The van der Waals surface area contributed by atoms with Crippen LogP contribution in [0.3, 0.4) is 0 Å². The fourth-order valence-electron chi connectivity index (χ4n) is 4.37. The largest absolute Gasteiger partial charge is 0.457 e. The first-order valence-corrected chi connectivity index (χ1v) is 12.6. The predicted octanol–water partition coefficient (Wildman–Crippen LogP) is 5.85. The van der Waals surface area contributed by atoms with Crippen LogP contribution in [0.4, 0.5) is 4.79 Å². The van der Waals surface area contributed by atoms with E-state index in [0.29, 0.717) is 11.1 Å². The summed E-state index contributed by atoms with van der Waals surface area (Å²) < 4.78 is 16.7. The molecule has 1 fully saturated rings. The smallest absolute Gasteiger partial charge is 0.414 e. The lowest BCUT2D eigenvalue weighted by molar-refractivity contribution is -0.142. The van der Waals surface area contributed by atoms with Crippen molar-refractivity contribution in [1.29, 1.82) is 0 Å². The van der Waals surface area contributed by atoms with Crippen molar-refractivity contribution in [3.05, 3.63) is 143 Å². The van der Waals surface area contributed by atoms with Gasteiger partial charge in [-0.3, -0.25) is 4.90 Å². The summed E-state index contributed by atoms with van der Waals surface area (Å²) in [6.45, 7) is 0.245. The molecular formula is C32H27NO6. The van der Waals surface area contributed by atoms with Crippen molar-refractivity contribution >= 4 is 18.0 Å². The monoisotopic (exact) mass is 521 g/mol. The lowest BCUT2D eigenvalue weighted by Gasteiger charge is -2.26. The summed E-state index contributed by atoms with van der Waals surface area (Å²) in [4.78, 5) is 40.1. The molecule has 196 valence electrons. The molecule has 7 nitrogen and oxygen atoms in total. The second kappa shape index (κ2) is 12.1. The number of hydrogen-bond acceptors (Lipinski definition) is 6. The maximum absolute atomic E-state index is 13.3. The number of amides is 1. The highest BCUT2D eigenvalue weighted by atomic mass is 16.6. The number of benzene rings is 4. The summed E-state index contributed by atoms with van der Waals surface area (Å²) in [6, 6.07) is 33.7. The topological polar surface area (TPSA) is 82.1 Å². The third kappa shape index (κ3) is 6.33. The SMILES string of the molecule is O=C(OCc1ccccc1)c1ccc(CC2C(=O)OC(c3ccccc3)N2C(=O)OCc2ccccc2)cc1. The van der Waals surface area contributed by atoms with Gasteiger partial charge in [-0.2, -0.15) is 0 Å². The third-order valence-corrected chi connectivity index (χ3v) is 6.42. The van der Waals surface area contributed by atoms with Crippen molar-refractivity contribution in [2.24, 2.45) is 0 Å². The van der Waals surface area contributed by atoms with Gasteiger partial charge in [0, 0.05) is 12.0 Å². The molecule has 0 N–H and O–H groups in total. The van der Waals surface area contributed by atoms with Gasteiger partial charge in [-0.05, 0) is 28.8 Å². The average Bonchev–Trinajstić information content (AvgIpc) is 3.32. The fourth-order valence-corrected chi connectivity index (χ4v) is 4.37. The van der Waals surface area contributed by atoms with E-state index in [0.717, 1.165) is 16.7 Å². The van der Waals surface area contributed by atoms with Crippen LogP contribution in [0.15, 0.2) is 115 Å².